The Morgan fingerprint density at radius 3 is 2.74 bits per heavy atom. The highest BCUT2D eigenvalue weighted by molar-refractivity contribution is 6.08. The molecule has 2 aliphatic rings. The van der Waals surface area contributed by atoms with Gasteiger partial charge >= 0.3 is 6.03 Å². The average molecular weight is 377 g/mol. The van der Waals surface area contributed by atoms with Crippen molar-refractivity contribution in [3.63, 3.8) is 0 Å². The molecule has 3 heterocycles. The minimum Gasteiger partial charge on any atom is -0.348 e. The maximum atomic E-state index is 13.7. The van der Waals surface area contributed by atoms with Crippen LogP contribution in [-0.2, 0) is 4.79 Å². The van der Waals surface area contributed by atoms with Crippen molar-refractivity contribution in [3.05, 3.63) is 35.8 Å². The molecule has 27 heavy (non-hydrogen) atoms. The summed E-state index contributed by atoms with van der Waals surface area (Å²) in [6, 6.07) is 0.0108. The minimum atomic E-state index is -1.19. The van der Waals surface area contributed by atoms with E-state index in [1.165, 1.54) is 0 Å². The fourth-order valence-electron chi connectivity index (χ4n) is 2.97. The number of hydrogen-bond donors (Lipinski definition) is 3. The molecule has 2 aromatic rings. The van der Waals surface area contributed by atoms with Crippen LogP contribution >= 0.6 is 0 Å². The standard InChI is InChI=1S/C15H13F2N7O3/c16-8-3-9(17)11(18-4-8)24-20-5-10(23-24)12(25)19-6-15(7-1-2-7)13(26)21-14(27)22-15/h3-5,7H,1-2,6H2,(H,19,25)(H2,21,22,26,27)/t15-/m0/s1. The smallest absolute Gasteiger partial charge is 0.322 e. The van der Waals surface area contributed by atoms with E-state index < -0.39 is 35.0 Å². The topological polar surface area (TPSA) is 131 Å². The van der Waals surface area contributed by atoms with Crippen LogP contribution in [0.3, 0.4) is 0 Å². The van der Waals surface area contributed by atoms with E-state index in [9.17, 15) is 23.2 Å². The molecule has 0 spiro atoms. The molecule has 4 amide bonds. The van der Waals surface area contributed by atoms with Gasteiger partial charge in [-0.15, -0.1) is 9.90 Å². The summed E-state index contributed by atoms with van der Waals surface area (Å²) >= 11 is 0. The highest BCUT2D eigenvalue weighted by Crippen LogP contribution is 2.41. The number of pyridine rings is 1. The van der Waals surface area contributed by atoms with E-state index in [2.05, 4.69) is 31.1 Å². The zero-order valence-electron chi connectivity index (χ0n) is 13.7. The van der Waals surface area contributed by atoms with Crippen molar-refractivity contribution in [2.75, 3.05) is 6.54 Å². The van der Waals surface area contributed by atoms with Gasteiger partial charge in [-0.2, -0.15) is 5.10 Å². The molecule has 0 bridgehead atoms. The SMILES string of the molecule is O=C1NC(=O)[C@](CNC(=O)c2cnn(-c3ncc(F)cc3F)n2)(C2CC2)N1. The maximum Gasteiger partial charge on any atom is 0.322 e. The van der Waals surface area contributed by atoms with E-state index in [-0.39, 0.29) is 24.0 Å². The highest BCUT2D eigenvalue weighted by Gasteiger charge is 2.56. The Morgan fingerprint density at radius 1 is 1.33 bits per heavy atom. The van der Waals surface area contributed by atoms with Gasteiger partial charge in [-0.25, -0.2) is 18.6 Å². The molecule has 10 nitrogen and oxygen atoms in total. The molecule has 12 heteroatoms. The van der Waals surface area contributed by atoms with Gasteiger partial charge in [0.05, 0.1) is 18.9 Å². The number of nitrogens with one attached hydrogen (secondary N) is 3. The number of carbonyl (C=O) groups is 3. The molecule has 2 fully saturated rings. The maximum absolute atomic E-state index is 13.7. The summed E-state index contributed by atoms with van der Waals surface area (Å²) in [7, 11) is 0. The Kier molecular flexibility index (Phi) is 3.82. The van der Waals surface area contributed by atoms with Crippen molar-refractivity contribution in [1.29, 1.82) is 0 Å². The monoisotopic (exact) mass is 377 g/mol. The third-order valence-electron chi connectivity index (χ3n) is 4.47. The Bertz CT molecular complexity index is 959. The molecule has 0 radical (unpaired) electrons. The van der Waals surface area contributed by atoms with Crippen LogP contribution in [0.25, 0.3) is 5.82 Å². The molecule has 0 aromatic carbocycles. The number of amides is 4. The van der Waals surface area contributed by atoms with Crippen LogP contribution in [0.5, 0.6) is 0 Å². The quantitative estimate of drug-likeness (QED) is 0.611. The molecule has 4 rings (SSSR count). The molecule has 3 N–H and O–H groups in total. The zero-order valence-corrected chi connectivity index (χ0v) is 13.7. The molecule has 140 valence electrons. The molecule has 0 unspecified atom stereocenters. The molecule has 1 saturated heterocycles. The van der Waals surface area contributed by atoms with Gasteiger partial charge in [0, 0.05) is 6.07 Å². The van der Waals surface area contributed by atoms with E-state index in [0.717, 1.165) is 30.0 Å². The first-order chi connectivity index (χ1) is 12.9. The average Bonchev–Trinajstić information content (AvgIpc) is 3.28. The molecule has 1 aliphatic carbocycles. The molecule has 1 atom stereocenters. The zero-order chi connectivity index (χ0) is 19.2. The van der Waals surface area contributed by atoms with Crippen LogP contribution in [0, 0.1) is 17.6 Å². The number of carbonyl (C=O) groups excluding carboxylic acids is 3. The molecular formula is C15H13F2N7O3. The van der Waals surface area contributed by atoms with E-state index in [1.54, 1.807) is 0 Å². The van der Waals surface area contributed by atoms with Crippen molar-refractivity contribution in [1.82, 2.24) is 35.9 Å². The number of nitrogens with zero attached hydrogens (tertiary/aromatic N) is 4. The Labute approximate surface area is 150 Å². The Hall–Kier alpha value is -3.44. The van der Waals surface area contributed by atoms with Gasteiger partial charge in [0.25, 0.3) is 11.8 Å². The van der Waals surface area contributed by atoms with Crippen molar-refractivity contribution in [2.45, 2.75) is 18.4 Å². The van der Waals surface area contributed by atoms with Crippen molar-refractivity contribution in [2.24, 2.45) is 5.92 Å². The van der Waals surface area contributed by atoms with Gasteiger partial charge in [-0.3, -0.25) is 14.9 Å². The predicted molar refractivity (Wildman–Crippen MR) is 83.5 cm³/mol. The number of aromatic nitrogens is 4. The van der Waals surface area contributed by atoms with E-state index >= 15 is 0 Å². The van der Waals surface area contributed by atoms with Crippen LogP contribution in [0.15, 0.2) is 18.5 Å². The summed E-state index contributed by atoms with van der Waals surface area (Å²) in [6.07, 6.45) is 3.39. The van der Waals surface area contributed by atoms with Crippen LogP contribution < -0.4 is 16.0 Å². The minimum absolute atomic E-state index is 0.0579. The van der Waals surface area contributed by atoms with E-state index in [4.69, 9.17) is 0 Å². The lowest BCUT2D eigenvalue weighted by molar-refractivity contribution is -0.124. The third kappa shape index (κ3) is 2.98. The van der Waals surface area contributed by atoms with Crippen LogP contribution in [0.1, 0.15) is 23.3 Å². The van der Waals surface area contributed by atoms with Crippen molar-refractivity contribution < 1.29 is 23.2 Å². The van der Waals surface area contributed by atoms with Crippen molar-refractivity contribution in [3.8, 4) is 5.82 Å². The molecule has 2 aromatic heterocycles. The van der Waals surface area contributed by atoms with Gasteiger partial charge in [0.15, 0.2) is 11.5 Å². The summed E-state index contributed by atoms with van der Waals surface area (Å²) < 4.78 is 26.7. The van der Waals surface area contributed by atoms with Gasteiger partial charge in [-0.1, -0.05) is 0 Å². The first-order valence-corrected chi connectivity index (χ1v) is 8.04. The van der Waals surface area contributed by atoms with Crippen LogP contribution in [-0.4, -0.2) is 49.9 Å². The second-order valence-corrected chi connectivity index (χ2v) is 6.31. The third-order valence-corrected chi connectivity index (χ3v) is 4.47. The molecular weight excluding hydrogens is 364 g/mol. The number of urea groups is 1. The van der Waals surface area contributed by atoms with E-state index in [1.807, 2.05) is 0 Å². The normalized spacial score (nSPS) is 21.7. The lowest BCUT2D eigenvalue weighted by Gasteiger charge is -2.25. The lowest BCUT2D eigenvalue weighted by atomic mass is 9.93. The summed E-state index contributed by atoms with van der Waals surface area (Å²) in [5.41, 5.74) is -1.34. The van der Waals surface area contributed by atoms with Crippen LogP contribution in [0.4, 0.5) is 13.6 Å². The largest absolute Gasteiger partial charge is 0.348 e. The van der Waals surface area contributed by atoms with Gasteiger partial charge in [0.1, 0.15) is 11.4 Å². The Balaban J connectivity index is 1.48. The fourth-order valence-corrected chi connectivity index (χ4v) is 2.97. The van der Waals surface area contributed by atoms with E-state index in [0.29, 0.717) is 6.07 Å². The number of hydrogen-bond acceptors (Lipinski definition) is 6. The van der Waals surface area contributed by atoms with Gasteiger partial charge in [0.2, 0.25) is 5.82 Å². The second kappa shape index (κ2) is 6.07. The summed E-state index contributed by atoms with van der Waals surface area (Å²) in [4.78, 5) is 40.2. The van der Waals surface area contributed by atoms with Crippen LogP contribution in [0.2, 0.25) is 0 Å². The number of halogens is 2. The number of imide groups is 1. The summed E-state index contributed by atoms with van der Waals surface area (Å²) in [6.45, 7) is -0.121. The second-order valence-electron chi connectivity index (χ2n) is 6.31. The lowest BCUT2D eigenvalue weighted by Crippen LogP contribution is -2.57. The molecule has 1 saturated carbocycles. The summed E-state index contributed by atoms with van der Waals surface area (Å²) in [5, 5.41) is 14.8. The summed E-state index contributed by atoms with van der Waals surface area (Å²) in [5.74, 6) is -3.43. The van der Waals surface area contributed by atoms with Gasteiger partial charge < -0.3 is 10.6 Å². The first-order valence-electron chi connectivity index (χ1n) is 8.04. The fraction of sp³-hybridized carbons (Fsp3) is 0.333. The first kappa shape index (κ1) is 17.0. The predicted octanol–water partition coefficient (Wildman–Crippen LogP) is -0.342. The number of rotatable bonds is 5. The van der Waals surface area contributed by atoms with Crippen molar-refractivity contribution >= 4 is 17.8 Å². The Morgan fingerprint density at radius 2 is 2.11 bits per heavy atom. The highest BCUT2D eigenvalue weighted by atomic mass is 19.1. The van der Waals surface area contributed by atoms with Gasteiger partial charge in [-0.05, 0) is 18.8 Å². The molecule has 1 aliphatic heterocycles.